The molecule has 0 spiro atoms. The molecule has 0 atom stereocenters. The van der Waals surface area contributed by atoms with Gasteiger partial charge in [-0.3, -0.25) is 0 Å². The van der Waals surface area contributed by atoms with Crippen molar-refractivity contribution in [3.63, 3.8) is 0 Å². The normalized spacial score (nSPS) is 9.88. The van der Waals surface area contributed by atoms with E-state index in [0.29, 0.717) is 0 Å². The first-order valence-corrected chi connectivity index (χ1v) is 2.28. The first-order chi connectivity index (χ1) is 2.94. The molecule has 1 amide bonds. The monoisotopic (exact) mass is 179 g/mol. The summed E-state index contributed by atoms with van der Waals surface area (Å²) < 4.78 is -0.750. The van der Waals surface area contributed by atoms with E-state index >= 15 is 0 Å². The molecular weight excluding hydrogens is 173 g/mol. The molecule has 0 saturated carbocycles. The molecule has 0 aromatic rings. The minimum atomic E-state index is -1.34. The summed E-state index contributed by atoms with van der Waals surface area (Å²) in [4.78, 5) is 9.73. The van der Waals surface area contributed by atoms with Gasteiger partial charge < -0.3 is 9.90 Å². The predicted molar refractivity (Wildman–Crippen MR) is 36.7 cm³/mol. The number of rotatable bonds is 0. The van der Waals surface area contributed by atoms with Crippen LogP contribution in [-0.4, -0.2) is 67.8 Å². The Kier molecular flexibility index (Phi) is 7.10. The topological polar surface area (TPSA) is 40.1 Å². The van der Waals surface area contributed by atoms with E-state index in [4.69, 9.17) is 0 Å². The number of nitrogens with zero attached hydrogens (tertiary/aromatic N) is 1. The number of hydrogen-bond acceptors (Lipinski definition) is 4. The summed E-state index contributed by atoms with van der Waals surface area (Å²) in [6, 6.07) is 0. The van der Waals surface area contributed by atoms with Gasteiger partial charge in [-0.25, -0.2) is 0 Å². The second-order valence-electron chi connectivity index (χ2n) is 1.18. The van der Waals surface area contributed by atoms with Gasteiger partial charge in [0.15, 0.2) is 0 Å². The number of hydrogen-bond donors (Lipinski definition) is 2. The van der Waals surface area contributed by atoms with Crippen LogP contribution in [0.2, 0.25) is 0 Å². The summed E-state index contributed by atoms with van der Waals surface area (Å²) in [5.41, 5.74) is 0. The fraction of sp³-hybridized carbons (Fsp3) is 0.500. The molecule has 0 radical (unpaired) electrons. The van der Waals surface area contributed by atoms with Crippen molar-refractivity contribution >= 4 is 83.1 Å². The van der Waals surface area contributed by atoms with Gasteiger partial charge in [0.25, 0.3) is 6.09 Å². The van der Waals surface area contributed by atoms with Crippen LogP contribution in [0.5, 0.6) is 0 Å². The van der Waals surface area contributed by atoms with Crippen molar-refractivity contribution in [3.8, 4) is 0 Å². The third-order valence-electron chi connectivity index (χ3n) is 0.346. The Balaban J connectivity index is 0. The predicted octanol–water partition coefficient (Wildman–Crippen LogP) is -1.18. The van der Waals surface area contributed by atoms with E-state index in [0.717, 1.165) is 0 Å². The van der Waals surface area contributed by atoms with Gasteiger partial charge in [0.05, 0.1) is 32.7 Å². The van der Waals surface area contributed by atoms with Gasteiger partial charge in [-0.2, -0.15) is 3.29 Å². The summed E-state index contributed by atoms with van der Waals surface area (Å²) in [5, 5.41) is 9.73. The Hall–Kier alpha value is 1.77. The van der Waals surface area contributed by atoms with E-state index in [-0.39, 0.29) is 51.4 Å². The van der Waals surface area contributed by atoms with Gasteiger partial charge in [0, 0.05) is 0 Å². The van der Waals surface area contributed by atoms with Gasteiger partial charge in [-0.15, -0.1) is 0 Å². The van der Waals surface area contributed by atoms with Crippen LogP contribution in [-0.2, 0) is 0 Å². The molecule has 0 aliphatic rings. The molecule has 0 aromatic carbocycles. The van der Waals surface area contributed by atoms with Crippen LogP contribution in [0.15, 0.2) is 0 Å². The first-order valence-electron chi connectivity index (χ1n) is 1.48. The third-order valence-corrected chi connectivity index (χ3v) is 0.672. The Morgan fingerprint density at radius 3 is 1.75 bits per heavy atom. The molecule has 0 rings (SSSR count). The van der Waals surface area contributed by atoms with Crippen LogP contribution in [0.4, 0.5) is 4.79 Å². The van der Waals surface area contributed by atoms with Crippen LogP contribution in [0.25, 0.3) is 0 Å². The Morgan fingerprint density at radius 2 is 1.75 bits per heavy atom. The summed E-state index contributed by atoms with van der Waals surface area (Å²) in [5.74, 6) is 0. The van der Waals surface area contributed by atoms with Crippen LogP contribution in [0, 0.1) is 0 Å². The Morgan fingerprint density at radius 1 is 1.62 bits per heavy atom. The zero-order chi connectivity index (χ0) is 6.08. The first kappa shape index (κ1) is 12.4. The summed E-state index contributed by atoms with van der Waals surface area (Å²) in [6.07, 6.45) is -1.34. The molecule has 0 bridgehead atoms. The van der Waals surface area contributed by atoms with Crippen LogP contribution in [0.1, 0.15) is 0 Å². The number of quaternary nitrogens is 1. The average molecular weight is 179 g/mol. The fourth-order valence-electron chi connectivity index (χ4n) is 0. The number of carbonyl (C=O) groups excluding carboxylic acids is 1. The second-order valence-corrected chi connectivity index (χ2v) is 3.09. The van der Waals surface area contributed by atoms with Crippen LogP contribution < -0.4 is 5.11 Å². The van der Waals surface area contributed by atoms with Crippen molar-refractivity contribution in [2.24, 2.45) is 0 Å². The number of carboxylic acid groups (broad SMARTS) is 1. The van der Waals surface area contributed by atoms with Crippen LogP contribution >= 0.6 is 25.6 Å². The number of thiol groups is 2. The summed E-state index contributed by atoms with van der Waals surface area (Å²) in [7, 11) is 1.27. The Bertz CT molecular complexity index is 90.5. The molecule has 0 unspecified atom stereocenters. The maximum absolute atomic E-state index is 9.73. The quantitative estimate of drug-likeness (QED) is 0.279. The standard InChI is InChI=1S/C2H5NO2S2.K.H/c1-3(6,7)2(4)5;;/h6-7H,1H3;;. The molecule has 0 aliphatic heterocycles. The van der Waals surface area contributed by atoms with Gasteiger partial charge in [-0.05, 0) is 0 Å². The van der Waals surface area contributed by atoms with E-state index < -0.39 is 9.39 Å². The molecule has 44 valence electrons. The molecule has 8 heavy (non-hydrogen) atoms. The van der Waals surface area contributed by atoms with Crippen LogP contribution in [0.3, 0.4) is 0 Å². The molecule has 0 N–H and O–H groups in total. The van der Waals surface area contributed by atoms with E-state index in [1.807, 2.05) is 0 Å². The van der Waals surface area contributed by atoms with Gasteiger partial charge >= 0.3 is 51.4 Å². The molecule has 3 nitrogen and oxygen atoms in total. The van der Waals surface area contributed by atoms with Crippen molar-refractivity contribution < 1.29 is 13.2 Å². The second kappa shape index (κ2) is 4.56. The molecule has 0 fully saturated rings. The third kappa shape index (κ3) is 5.90. The van der Waals surface area contributed by atoms with Crippen molar-refractivity contribution in [1.82, 2.24) is 0 Å². The molecular formula is C2H6KNO2S2. The van der Waals surface area contributed by atoms with Crippen molar-refractivity contribution in [2.75, 3.05) is 7.05 Å². The molecule has 6 heteroatoms. The van der Waals surface area contributed by atoms with Gasteiger partial charge in [0.2, 0.25) is 0 Å². The van der Waals surface area contributed by atoms with E-state index in [9.17, 15) is 9.90 Å². The van der Waals surface area contributed by atoms with Gasteiger partial charge in [-0.1, -0.05) is 0 Å². The van der Waals surface area contributed by atoms with Crippen molar-refractivity contribution in [2.45, 2.75) is 0 Å². The number of amides is 1. The zero-order valence-corrected chi connectivity index (χ0v) is 5.45. The molecule has 0 heterocycles. The SMILES string of the molecule is C[N+](S)(S)C(=O)[O-].[KH]. The van der Waals surface area contributed by atoms with E-state index in [2.05, 4.69) is 25.6 Å². The van der Waals surface area contributed by atoms with Crippen molar-refractivity contribution in [1.29, 1.82) is 0 Å². The Labute approximate surface area is 102 Å². The van der Waals surface area contributed by atoms with E-state index in [1.54, 1.807) is 0 Å². The fourth-order valence-corrected chi connectivity index (χ4v) is 0. The summed E-state index contributed by atoms with van der Waals surface area (Å²) in [6.45, 7) is 0. The number of carbonyl (C=O) groups is 1. The molecule has 0 aliphatic carbocycles. The maximum atomic E-state index is 9.73. The zero-order valence-electron chi connectivity index (χ0n) is 3.66. The minimum absolute atomic E-state index is 0. The van der Waals surface area contributed by atoms with E-state index in [1.165, 1.54) is 7.05 Å². The molecule has 0 saturated heterocycles. The molecule has 0 aromatic heterocycles. The van der Waals surface area contributed by atoms with Gasteiger partial charge in [0.1, 0.15) is 0 Å². The summed E-state index contributed by atoms with van der Waals surface area (Å²) >= 11 is 6.98. The average Bonchev–Trinajstić information content (AvgIpc) is 1.31. The van der Waals surface area contributed by atoms with Crippen molar-refractivity contribution in [3.05, 3.63) is 0 Å².